The van der Waals surface area contributed by atoms with Gasteiger partial charge in [0.05, 0.1) is 18.4 Å². The Morgan fingerprint density at radius 2 is 1.85 bits per heavy atom. The Morgan fingerprint density at radius 1 is 1.12 bits per heavy atom. The van der Waals surface area contributed by atoms with E-state index in [1.165, 1.54) is 29.3 Å². The van der Waals surface area contributed by atoms with Crippen LogP contribution in [0.15, 0.2) is 42.7 Å². The van der Waals surface area contributed by atoms with E-state index in [4.69, 9.17) is 0 Å². The van der Waals surface area contributed by atoms with Gasteiger partial charge in [0.25, 0.3) is 5.91 Å². The highest BCUT2D eigenvalue weighted by Gasteiger charge is 2.51. The van der Waals surface area contributed by atoms with Crippen LogP contribution in [0.5, 0.6) is 0 Å². The Kier molecular flexibility index (Phi) is 5.49. The van der Waals surface area contributed by atoms with Crippen LogP contribution in [0.2, 0.25) is 0 Å². The fourth-order valence-electron chi connectivity index (χ4n) is 4.96. The Balaban J connectivity index is 1.43. The molecule has 2 saturated heterocycles. The predicted octanol–water partition coefficient (Wildman–Crippen LogP) is 3.74. The quantitative estimate of drug-likeness (QED) is 0.610. The molecule has 1 N–H and O–H groups in total. The van der Waals surface area contributed by atoms with E-state index in [1.54, 1.807) is 12.1 Å². The van der Waals surface area contributed by atoms with Crippen molar-refractivity contribution in [2.75, 3.05) is 11.9 Å². The molecule has 5 heterocycles. The number of nitrogens with zero attached hydrogens (tertiary/aromatic N) is 6. The summed E-state index contributed by atoms with van der Waals surface area (Å²) in [4.78, 5) is 25.3. The molecule has 2 bridgehead atoms. The lowest BCUT2D eigenvalue weighted by atomic mass is 9.64. The zero-order chi connectivity index (χ0) is 24.0. The highest BCUT2D eigenvalue weighted by atomic mass is 19.4. The SMILES string of the molecule is Cc1ccc(-n2nccn2)c(C(=O)N2C3CC(C3)C(C)C2CNc2cccc(C(F)(F)F)n2)n1. The molecular weight excluding hydrogens is 447 g/mol. The third-order valence-electron chi connectivity index (χ3n) is 6.87. The summed E-state index contributed by atoms with van der Waals surface area (Å²) in [6, 6.07) is 7.17. The maximum absolute atomic E-state index is 13.9. The van der Waals surface area contributed by atoms with E-state index < -0.39 is 11.9 Å². The van der Waals surface area contributed by atoms with Gasteiger partial charge < -0.3 is 10.2 Å². The fourth-order valence-corrected chi connectivity index (χ4v) is 4.96. The molecule has 11 heteroatoms. The van der Waals surface area contributed by atoms with Crippen LogP contribution in [0, 0.1) is 18.8 Å². The predicted molar refractivity (Wildman–Crippen MR) is 117 cm³/mol. The number of aromatic nitrogens is 5. The lowest BCUT2D eigenvalue weighted by molar-refractivity contribution is -0.141. The summed E-state index contributed by atoms with van der Waals surface area (Å²) in [5, 5.41) is 11.3. The highest BCUT2D eigenvalue weighted by Crippen LogP contribution is 2.47. The average molecular weight is 471 g/mol. The Bertz CT molecular complexity index is 1190. The van der Waals surface area contributed by atoms with Crippen LogP contribution >= 0.6 is 0 Å². The van der Waals surface area contributed by atoms with Gasteiger partial charge in [0.15, 0.2) is 5.69 Å². The first-order chi connectivity index (χ1) is 16.2. The molecule has 178 valence electrons. The summed E-state index contributed by atoms with van der Waals surface area (Å²) < 4.78 is 39.2. The van der Waals surface area contributed by atoms with Crippen molar-refractivity contribution in [3.63, 3.8) is 0 Å². The first-order valence-electron chi connectivity index (χ1n) is 11.2. The van der Waals surface area contributed by atoms with Crippen molar-refractivity contribution >= 4 is 11.7 Å². The number of pyridine rings is 2. The molecule has 3 aromatic rings. The number of hydrogen-bond acceptors (Lipinski definition) is 6. The van der Waals surface area contributed by atoms with Crippen LogP contribution < -0.4 is 5.32 Å². The number of carbonyl (C=O) groups excluding carboxylic acids is 1. The number of rotatable bonds is 5. The summed E-state index contributed by atoms with van der Waals surface area (Å²) in [7, 11) is 0. The van der Waals surface area contributed by atoms with Gasteiger partial charge in [0.2, 0.25) is 0 Å². The zero-order valence-electron chi connectivity index (χ0n) is 18.7. The summed E-state index contributed by atoms with van der Waals surface area (Å²) in [6.07, 6.45) is 0.358. The molecule has 6 rings (SSSR count). The highest BCUT2D eigenvalue weighted by molar-refractivity contribution is 5.96. The van der Waals surface area contributed by atoms with E-state index >= 15 is 0 Å². The van der Waals surface area contributed by atoms with Crippen LogP contribution in [0.25, 0.3) is 5.69 Å². The van der Waals surface area contributed by atoms with Crippen LogP contribution in [0.3, 0.4) is 0 Å². The molecule has 3 aliphatic rings. The van der Waals surface area contributed by atoms with Crippen molar-refractivity contribution in [2.24, 2.45) is 11.8 Å². The monoisotopic (exact) mass is 471 g/mol. The van der Waals surface area contributed by atoms with E-state index in [2.05, 4.69) is 32.4 Å². The van der Waals surface area contributed by atoms with Gasteiger partial charge in [0, 0.05) is 18.3 Å². The van der Waals surface area contributed by atoms with Gasteiger partial charge in [-0.1, -0.05) is 13.0 Å². The maximum Gasteiger partial charge on any atom is 0.433 e. The van der Waals surface area contributed by atoms with Crippen molar-refractivity contribution in [2.45, 2.75) is 44.9 Å². The molecular formula is C23H24F3N7O. The van der Waals surface area contributed by atoms with Gasteiger partial charge >= 0.3 is 6.18 Å². The largest absolute Gasteiger partial charge is 0.433 e. The molecule has 1 saturated carbocycles. The number of piperidine rings is 2. The number of aryl methyl sites for hydroxylation is 1. The summed E-state index contributed by atoms with van der Waals surface area (Å²) >= 11 is 0. The van der Waals surface area contributed by atoms with Crippen LogP contribution in [0.4, 0.5) is 19.0 Å². The smallest absolute Gasteiger partial charge is 0.368 e. The third kappa shape index (κ3) is 3.99. The second-order valence-electron chi connectivity index (χ2n) is 8.95. The molecule has 8 nitrogen and oxygen atoms in total. The second-order valence-corrected chi connectivity index (χ2v) is 8.95. The van der Waals surface area contributed by atoms with Gasteiger partial charge in [-0.2, -0.15) is 23.4 Å². The van der Waals surface area contributed by atoms with Crippen molar-refractivity contribution in [3.8, 4) is 5.69 Å². The van der Waals surface area contributed by atoms with Crippen LogP contribution in [-0.4, -0.2) is 54.4 Å². The molecule has 2 unspecified atom stereocenters. The van der Waals surface area contributed by atoms with E-state index in [0.29, 0.717) is 17.3 Å². The minimum absolute atomic E-state index is 0.0655. The lowest BCUT2D eigenvalue weighted by Crippen LogP contribution is -2.64. The van der Waals surface area contributed by atoms with Crippen molar-refractivity contribution in [1.82, 2.24) is 29.9 Å². The number of hydrogen-bond donors (Lipinski definition) is 1. The number of nitrogens with one attached hydrogen (secondary N) is 1. The summed E-state index contributed by atoms with van der Waals surface area (Å²) in [5.41, 5.74) is 0.487. The number of amides is 1. The minimum Gasteiger partial charge on any atom is -0.368 e. The van der Waals surface area contributed by atoms with Crippen LogP contribution in [-0.2, 0) is 6.18 Å². The Morgan fingerprint density at radius 3 is 2.56 bits per heavy atom. The van der Waals surface area contributed by atoms with Crippen molar-refractivity contribution in [3.05, 3.63) is 59.8 Å². The standard InChI is InChI=1S/C23H24F3N7O/c1-13-6-7-17(33-28-8-9-29-33)21(30-13)22(34)32-16-10-15(11-16)14(2)18(32)12-27-20-5-3-4-19(31-20)23(24,25)26/h3-9,14-16,18H,10-12H2,1-2H3,(H,27,31). The first-order valence-corrected chi connectivity index (χ1v) is 11.2. The Labute approximate surface area is 194 Å². The molecule has 2 aliphatic heterocycles. The average Bonchev–Trinajstić information content (AvgIpc) is 3.31. The maximum atomic E-state index is 13.9. The van der Waals surface area contributed by atoms with E-state index in [9.17, 15) is 18.0 Å². The molecule has 3 fully saturated rings. The van der Waals surface area contributed by atoms with E-state index in [0.717, 1.165) is 18.9 Å². The fraction of sp³-hybridized carbons (Fsp3) is 0.435. The summed E-state index contributed by atoms with van der Waals surface area (Å²) in [6.45, 7) is 4.19. The second kappa shape index (κ2) is 8.37. The van der Waals surface area contributed by atoms with Gasteiger partial charge in [-0.25, -0.2) is 9.97 Å². The molecule has 34 heavy (non-hydrogen) atoms. The zero-order valence-corrected chi connectivity index (χ0v) is 18.7. The molecule has 3 aromatic heterocycles. The summed E-state index contributed by atoms with van der Waals surface area (Å²) in [5.74, 6) is 0.551. The molecule has 0 aromatic carbocycles. The number of halogens is 3. The van der Waals surface area contributed by atoms with E-state index in [-0.39, 0.29) is 42.0 Å². The van der Waals surface area contributed by atoms with E-state index in [1.807, 2.05) is 11.8 Å². The molecule has 1 aliphatic carbocycles. The lowest BCUT2D eigenvalue weighted by Gasteiger charge is -2.57. The Hall–Kier alpha value is -3.50. The number of carbonyl (C=O) groups is 1. The van der Waals surface area contributed by atoms with Crippen molar-refractivity contribution in [1.29, 1.82) is 0 Å². The molecule has 0 radical (unpaired) electrons. The molecule has 0 spiro atoms. The van der Waals surface area contributed by atoms with Gasteiger partial charge in [0.1, 0.15) is 17.2 Å². The van der Waals surface area contributed by atoms with Gasteiger partial charge in [-0.3, -0.25) is 4.79 Å². The topological polar surface area (TPSA) is 88.8 Å². The number of alkyl halides is 3. The number of fused-ring (bicyclic) bond motifs is 2. The minimum atomic E-state index is -4.52. The number of anilines is 1. The van der Waals surface area contributed by atoms with Crippen molar-refractivity contribution < 1.29 is 18.0 Å². The van der Waals surface area contributed by atoms with Crippen LogP contribution in [0.1, 0.15) is 41.6 Å². The first kappa shape index (κ1) is 22.3. The van der Waals surface area contributed by atoms with Gasteiger partial charge in [-0.15, -0.1) is 4.80 Å². The normalized spacial score (nSPS) is 24.0. The molecule has 2 atom stereocenters. The third-order valence-corrected chi connectivity index (χ3v) is 6.87. The molecule has 1 amide bonds. The van der Waals surface area contributed by atoms with Gasteiger partial charge in [-0.05, 0) is 55.9 Å².